The van der Waals surface area contributed by atoms with Gasteiger partial charge in [0.15, 0.2) is 0 Å². The van der Waals surface area contributed by atoms with Gasteiger partial charge in [0, 0.05) is 49.2 Å². The summed E-state index contributed by atoms with van der Waals surface area (Å²) in [7, 11) is 5.84. The van der Waals surface area contributed by atoms with Gasteiger partial charge < -0.3 is 44.7 Å². The van der Waals surface area contributed by atoms with E-state index in [-0.39, 0.29) is 42.0 Å². The van der Waals surface area contributed by atoms with Crippen molar-refractivity contribution in [1.82, 2.24) is 40.3 Å². The Bertz CT molecular complexity index is 2740. The second kappa shape index (κ2) is 26.0. The van der Waals surface area contributed by atoms with E-state index in [9.17, 15) is 9.59 Å². The van der Waals surface area contributed by atoms with Crippen molar-refractivity contribution in [3.8, 4) is 28.3 Å². The van der Waals surface area contributed by atoms with E-state index in [2.05, 4.69) is 73.7 Å². The second-order valence-corrected chi connectivity index (χ2v) is 20.9. The SMILES string of the molecule is CN[C@@H](C)C(=O)NC(C(=O)N1CCC[C@H]1c1nc(-c2ccc(OCCOCCOCCOC3CCC(Nc4nccc(-c5cnn(Cc6ccccc6)c5N(C)C)n4)CC3)c3ccccc23)cs1)C1CCCCC1. The summed E-state index contributed by atoms with van der Waals surface area (Å²) in [6, 6.07) is 23.9. The summed E-state index contributed by atoms with van der Waals surface area (Å²) in [5.74, 6) is 2.46. The first-order valence-electron chi connectivity index (χ1n) is 26.8. The molecule has 2 aliphatic carbocycles. The fourth-order valence-electron chi connectivity index (χ4n) is 10.8. The molecule has 2 amide bonds. The molecule has 3 fully saturated rings. The molecule has 0 radical (unpaired) electrons. The Labute approximate surface area is 439 Å². The summed E-state index contributed by atoms with van der Waals surface area (Å²) in [5, 5.41) is 19.6. The largest absolute Gasteiger partial charge is 0.491 e. The average molecular weight is 1030 g/mol. The molecule has 3 N–H and O–H groups in total. The minimum Gasteiger partial charge on any atom is -0.491 e. The van der Waals surface area contributed by atoms with Gasteiger partial charge in [0.2, 0.25) is 17.8 Å². The quantitative estimate of drug-likeness (QED) is 0.0492. The first kappa shape index (κ1) is 52.9. The number of carbonyl (C=O) groups is 2. The Hall–Kier alpha value is -5.98. The molecule has 1 unspecified atom stereocenters. The smallest absolute Gasteiger partial charge is 0.246 e. The molecule has 74 heavy (non-hydrogen) atoms. The maximum absolute atomic E-state index is 14.4. The lowest BCUT2D eigenvalue weighted by atomic mass is 9.83. The van der Waals surface area contributed by atoms with Crippen molar-refractivity contribution in [2.45, 2.75) is 114 Å². The number of hydrogen-bond acceptors (Lipinski definition) is 14. The summed E-state index contributed by atoms with van der Waals surface area (Å²) in [4.78, 5) is 46.2. The molecular weight excluding hydrogens is 953 g/mol. The van der Waals surface area contributed by atoms with E-state index in [0.717, 1.165) is 114 Å². The fourth-order valence-corrected chi connectivity index (χ4v) is 11.7. The van der Waals surface area contributed by atoms with Gasteiger partial charge in [-0.15, -0.1) is 11.3 Å². The predicted octanol–water partition coefficient (Wildman–Crippen LogP) is 8.92. The van der Waals surface area contributed by atoms with Gasteiger partial charge in [-0.1, -0.05) is 73.9 Å². The minimum atomic E-state index is -0.522. The van der Waals surface area contributed by atoms with Gasteiger partial charge in [-0.3, -0.25) is 9.59 Å². The highest BCUT2D eigenvalue weighted by Crippen LogP contribution is 2.40. The Morgan fingerprint density at radius 1 is 0.784 bits per heavy atom. The van der Waals surface area contributed by atoms with Gasteiger partial charge in [0.25, 0.3) is 0 Å². The number of amides is 2. The lowest BCUT2D eigenvalue weighted by molar-refractivity contribution is -0.139. The van der Waals surface area contributed by atoms with Crippen LogP contribution in [0.4, 0.5) is 11.8 Å². The Morgan fingerprint density at radius 3 is 2.30 bits per heavy atom. The monoisotopic (exact) mass is 1030 g/mol. The topological polar surface area (TPSA) is 170 Å². The number of thiazole rings is 1. The zero-order valence-electron chi connectivity index (χ0n) is 43.5. The van der Waals surface area contributed by atoms with E-state index >= 15 is 0 Å². The molecule has 17 heteroatoms. The maximum atomic E-state index is 14.4. The molecule has 394 valence electrons. The molecule has 6 aromatic rings. The number of ether oxygens (including phenoxy) is 4. The molecule has 3 atom stereocenters. The van der Waals surface area contributed by atoms with Crippen LogP contribution in [0.25, 0.3) is 33.3 Å². The highest BCUT2D eigenvalue weighted by molar-refractivity contribution is 7.10. The molecule has 3 aliphatic rings. The first-order chi connectivity index (χ1) is 36.2. The number of fused-ring (bicyclic) bond motifs is 1. The van der Waals surface area contributed by atoms with Crippen LogP contribution < -0.4 is 25.6 Å². The maximum Gasteiger partial charge on any atom is 0.246 e. The zero-order chi connectivity index (χ0) is 51.2. The molecule has 3 aromatic heterocycles. The van der Waals surface area contributed by atoms with E-state index in [1.54, 1.807) is 18.4 Å². The lowest BCUT2D eigenvalue weighted by Crippen LogP contribution is -2.55. The molecular formula is C57H74N10O6S. The molecule has 1 aliphatic heterocycles. The van der Waals surface area contributed by atoms with Crippen LogP contribution in [0.3, 0.4) is 0 Å². The normalized spacial score (nSPS) is 19.1. The Balaban J connectivity index is 0.678. The summed E-state index contributed by atoms with van der Waals surface area (Å²) in [5.41, 5.74) is 4.91. The second-order valence-electron chi connectivity index (χ2n) is 20.1. The van der Waals surface area contributed by atoms with Crippen LogP contribution in [0.1, 0.15) is 94.2 Å². The highest BCUT2D eigenvalue weighted by atomic mass is 32.1. The van der Waals surface area contributed by atoms with Crippen LogP contribution in [-0.2, 0) is 30.3 Å². The van der Waals surface area contributed by atoms with Crippen LogP contribution in [0, 0.1) is 5.92 Å². The minimum absolute atomic E-state index is 0.0232. The number of hydrogen-bond donors (Lipinski definition) is 3. The third kappa shape index (κ3) is 13.3. The molecule has 0 bridgehead atoms. The van der Waals surface area contributed by atoms with Crippen LogP contribution in [0.5, 0.6) is 5.75 Å². The highest BCUT2D eigenvalue weighted by Gasteiger charge is 2.40. The van der Waals surface area contributed by atoms with Crippen LogP contribution in [0.2, 0.25) is 0 Å². The summed E-state index contributed by atoms with van der Waals surface area (Å²) in [6.07, 6.45) is 14.8. The zero-order valence-corrected chi connectivity index (χ0v) is 44.4. The molecule has 2 saturated carbocycles. The van der Waals surface area contributed by atoms with Gasteiger partial charge in [-0.05, 0) is 100 Å². The van der Waals surface area contributed by atoms with Crippen molar-refractivity contribution in [3.63, 3.8) is 0 Å². The van der Waals surface area contributed by atoms with Crippen LogP contribution in [0.15, 0.2) is 90.6 Å². The first-order valence-corrected chi connectivity index (χ1v) is 27.6. The number of anilines is 2. The van der Waals surface area contributed by atoms with Crippen molar-refractivity contribution >= 4 is 45.7 Å². The number of likely N-dealkylation sites (N-methyl/N-ethyl adjacent to an activating group) is 1. The van der Waals surface area contributed by atoms with E-state index in [0.29, 0.717) is 58.7 Å². The lowest BCUT2D eigenvalue weighted by Gasteiger charge is -2.35. The summed E-state index contributed by atoms with van der Waals surface area (Å²) in [6.45, 7) is 6.03. The molecule has 16 nitrogen and oxygen atoms in total. The van der Waals surface area contributed by atoms with Gasteiger partial charge in [0.05, 0.1) is 80.9 Å². The molecule has 9 rings (SSSR count). The Morgan fingerprint density at radius 2 is 1.53 bits per heavy atom. The molecule has 0 spiro atoms. The number of aromatic nitrogens is 5. The Kier molecular flexibility index (Phi) is 18.6. The van der Waals surface area contributed by atoms with Gasteiger partial charge in [-0.2, -0.15) is 5.10 Å². The predicted molar refractivity (Wildman–Crippen MR) is 292 cm³/mol. The number of benzene rings is 3. The van der Waals surface area contributed by atoms with Crippen molar-refractivity contribution < 1.29 is 28.5 Å². The summed E-state index contributed by atoms with van der Waals surface area (Å²) < 4.78 is 26.2. The number of nitrogens with one attached hydrogen (secondary N) is 3. The molecule has 1 saturated heterocycles. The molecule has 3 aromatic carbocycles. The third-order valence-electron chi connectivity index (χ3n) is 14.8. The number of rotatable bonds is 24. The van der Waals surface area contributed by atoms with Gasteiger partial charge >= 0.3 is 0 Å². The van der Waals surface area contributed by atoms with Crippen molar-refractivity contribution in [3.05, 3.63) is 101 Å². The van der Waals surface area contributed by atoms with Gasteiger partial charge in [0.1, 0.15) is 29.2 Å². The van der Waals surface area contributed by atoms with Crippen molar-refractivity contribution in [1.29, 1.82) is 0 Å². The van der Waals surface area contributed by atoms with E-state index in [1.165, 1.54) is 12.0 Å². The number of nitrogens with zero attached hydrogens (tertiary/aromatic N) is 7. The average Bonchev–Trinajstić information content (AvgIpc) is 4.23. The number of carbonyl (C=O) groups excluding carboxylic acids is 2. The fraction of sp³-hybridized carbons (Fsp3) is 0.509. The molecule has 4 heterocycles. The van der Waals surface area contributed by atoms with E-state index in [4.69, 9.17) is 34.0 Å². The standard InChI is InChI=1S/C57H74N10O6S/c1-39(58-2)53(68)64-52(41-16-9-6-10-17-41)56(69)66-29-13-20-50(66)54-62-49(38-74-54)45-25-26-51(46-19-12-11-18-44(45)46)73-35-33-71-31-30-70-32-34-72-43-23-21-42(22-24-43)61-57-59-28-27-48(63-57)47-36-60-67(55(47)65(3)4)37-40-14-7-5-8-15-40/h5,7-8,11-12,14-15,18-19,25-28,36,38-39,41-43,50,52,58H,6,9-10,13,16-17,20-24,29-35,37H2,1-4H3,(H,64,68)(H,59,61,63)/t39-,42?,43?,50-,52?/m0/s1. The van der Waals surface area contributed by atoms with Crippen molar-refractivity contribution in [2.75, 3.05) is 77.5 Å². The third-order valence-corrected chi connectivity index (χ3v) is 15.7. The van der Waals surface area contributed by atoms with Crippen LogP contribution >= 0.6 is 11.3 Å². The van der Waals surface area contributed by atoms with E-state index < -0.39 is 6.04 Å². The summed E-state index contributed by atoms with van der Waals surface area (Å²) >= 11 is 1.60. The van der Waals surface area contributed by atoms with Gasteiger partial charge in [-0.25, -0.2) is 19.6 Å². The van der Waals surface area contributed by atoms with E-state index in [1.807, 2.05) is 73.3 Å². The van der Waals surface area contributed by atoms with Crippen LogP contribution in [-0.4, -0.2) is 133 Å². The van der Waals surface area contributed by atoms with Crippen molar-refractivity contribution in [2.24, 2.45) is 5.92 Å². The number of likely N-dealkylation sites (tertiary alicyclic amines) is 1.